The third kappa shape index (κ3) is 4.46. The Balaban J connectivity index is 2.00. The second kappa shape index (κ2) is 7.94. The number of carbonyl (C=O) groups excluding carboxylic acids is 1. The molecule has 28 heavy (non-hydrogen) atoms. The topological polar surface area (TPSA) is 63.2 Å². The minimum atomic E-state index is -3.43. The van der Waals surface area contributed by atoms with Gasteiger partial charge in [0.15, 0.2) is 9.84 Å². The molecule has 0 saturated heterocycles. The lowest BCUT2D eigenvalue weighted by atomic mass is 9.97. The molecule has 3 aromatic carbocycles. The molecule has 1 N–H and O–H groups in total. The second-order valence-electron chi connectivity index (χ2n) is 6.62. The van der Waals surface area contributed by atoms with Crippen LogP contribution >= 0.6 is 0 Å². The van der Waals surface area contributed by atoms with Gasteiger partial charge in [-0.25, -0.2) is 12.8 Å². The number of hydrogen-bond donors (Lipinski definition) is 1. The molecule has 0 spiro atoms. The van der Waals surface area contributed by atoms with E-state index in [4.69, 9.17) is 0 Å². The van der Waals surface area contributed by atoms with Crippen molar-refractivity contribution in [3.8, 4) is 0 Å². The summed E-state index contributed by atoms with van der Waals surface area (Å²) in [5.74, 6) is -0.764. The van der Waals surface area contributed by atoms with E-state index in [9.17, 15) is 17.6 Å². The first kappa shape index (κ1) is 19.8. The van der Waals surface area contributed by atoms with Crippen LogP contribution in [0.2, 0.25) is 0 Å². The quantitative estimate of drug-likeness (QED) is 0.706. The highest BCUT2D eigenvalue weighted by Gasteiger charge is 2.20. The van der Waals surface area contributed by atoms with Gasteiger partial charge in [-0.05, 0) is 47.9 Å². The van der Waals surface area contributed by atoms with Crippen LogP contribution in [-0.4, -0.2) is 20.6 Å². The van der Waals surface area contributed by atoms with Gasteiger partial charge >= 0.3 is 0 Å². The number of halogens is 1. The number of sulfone groups is 1. The van der Waals surface area contributed by atoms with Crippen LogP contribution in [0.3, 0.4) is 0 Å². The molecule has 1 atom stereocenters. The Morgan fingerprint density at radius 2 is 1.54 bits per heavy atom. The smallest absolute Gasteiger partial charge is 0.252 e. The third-order valence-corrected chi connectivity index (χ3v) is 5.60. The van der Waals surface area contributed by atoms with Crippen molar-refractivity contribution in [2.24, 2.45) is 0 Å². The fraction of sp³-hybridized carbons (Fsp3) is 0.136. The Morgan fingerprint density at radius 3 is 2.14 bits per heavy atom. The summed E-state index contributed by atoms with van der Waals surface area (Å²) in [4.78, 5) is 13.1. The van der Waals surface area contributed by atoms with E-state index in [1.807, 2.05) is 30.3 Å². The van der Waals surface area contributed by atoms with Gasteiger partial charge in [0, 0.05) is 11.8 Å². The highest BCUT2D eigenvalue weighted by molar-refractivity contribution is 7.90. The van der Waals surface area contributed by atoms with Crippen LogP contribution < -0.4 is 5.32 Å². The number of carbonyl (C=O) groups is 1. The standard InChI is InChI=1S/C22H20FNO3S/c1-15-8-13-19(28(2,26)27)14-20(15)22(25)24-21(16-6-4-3-5-7-16)17-9-11-18(23)12-10-17/h3-14,21H,1-2H3,(H,24,25). The predicted octanol–water partition coefficient (Wildman–Crippen LogP) is 4.06. The van der Waals surface area contributed by atoms with Crippen LogP contribution in [0.15, 0.2) is 77.7 Å². The maximum atomic E-state index is 13.3. The summed E-state index contributed by atoms with van der Waals surface area (Å²) in [6.07, 6.45) is 1.10. The van der Waals surface area contributed by atoms with Gasteiger partial charge in [0.2, 0.25) is 0 Å². The molecule has 0 aromatic heterocycles. The Bertz CT molecular complexity index is 1090. The summed E-state index contributed by atoms with van der Waals surface area (Å²) < 4.78 is 37.0. The van der Waals surface area contributed by atoms with Crippen molar-refractivity contribution < 1.29 is 17.6 Å². The van der Waals surface area contributed by atoms with Crippen molar-refractivity contribution in [3.05, 3.63) is 101 Å². The zero-order valence-corrected chi connectivity index (χ0v) is 16.3. The van der Waals surface area contributed by atoms with Crippen LogP contribution in [0.4, 0.5) is 4.39 Å². The lowest BCUT2D eigenvalue weighted by Gasteiger charge is -2.21. The van der Waals surface area contributed by atoms with Gasteiger partial charge in [0.25, 0.3) is 5.91 Å². The lowest BCUT2D eigenvalue weighted by molar-refractivity contribution is 0.0942. The molecule has 3 aromatic rings. The van der Waals surface area contributed by atoms with Gasteiger partial charge in [0.1, 0.15) is 5.82 Å². The van der Waals surface area contributed by atoms with Crippen LogP contribution in [0, 0.1) is 12.7 Å². The average Bonchev–Trinajstić information content (AvgIpc) is 2.67. The Labute approximate surface area is 164 Å². The Hall–Kier alpha value is -2.99. The summed E-state index contributed by atoms with van der Waals surface area (Å²) in [5.41, 5.74) is 2.50. The highest BCUT2D eigenvalue weighted by atomic mass is 32.2. The van der Waals surface area contributed by atoms with Gasteiger partial charge in [0.05, 0.1) is 10.9 Å². The van der Waals surface area contributed by atoms with E-state index in [0.717, 1.165) is 17.4 Å². The van der Waals surface area contributed by atoms with Crippen LogP contribution in [-0.2, 0) is 9.84 Å². The molecule has 0 aliphatic rings. The van der Waals surface area contributed by atoms with Crippen molar-refractivity contribution in [2.45, 2.75) is 17.9 Å². The maximum absolute atomic E-state index is 13.3. The van der Waals surface area contributed by atoms with E-state index in [-0.39, 0.29) is 16.3 Å². The van der Waals surface area contributed by atoms with Gasteiger partial charge in [-0.15, -0.1) is 0 Å². The molecule has 144 valence electrons. The molecule has 0 saturated carbocycles. The van der Waals surface area contributed by atoms with Crippen LogP contribution in [0.25, 0.3) is 0 Å². The molecule has 0 fully saturated rings. The lowest BCUT2D eigenvalue weighted by Crippen LogP contribution is -2.30. The Morgan fingerprint density at radius 1 is 0.929 bits per heavy atom. The predicted molar refractivity (Wildman–Crippen MR) is 106 cm³/mol. The van der Waals surface area contributed by atoms with Crippen molar-refractivity contribution in [1.82, 2.24) is 5.32 Å². The molecule has 4 nitrogen and oxygen atoms in total. The molecule has 0 aliphatic carbocycles. The van der Waals surface area contributed by atoms with Crippen LogP contribution in [0.1, 0.15) is 33.1 Å². The van der Waals surface area contributed by atoms with Gasteiger partial charge in [-0.2, -0.15) is 0 Å². The molecule has 0 heterocycles. The SMILES string of the molecule is Cc1ccc(S(C)(=O)=O)cc1C(=O)NC(c1ccccc1)c1ccc(F)cc1. The monoisotopic (exact) mass is 397 g/mol. The average molecular weight is 397 g/mol. The number of amides is 1. The van der Waals surface area contributed by atoms with E-state index >= 15 is 0 Å². The Kier molecular flexibility index (Phi) is 5.61. The number of aryl methyl sites for hydroxylation is 1. The normalized spacial score (nSPS) is 12.4. The largest absolute Gasteiger partial charge is 0.341 e. The summed E-state index contributed by atoms with van der Waals surface area (Å²) >= 11 is 0. The van der Waals surface area contributed by atoms with E-state index in [2.05, 4.69) is 5.32 Å². The van der Waals surface area contributed by atoms with Gasteiger partial charge in [-0.1, -0.05) is 48.5 Å². The van der Waals surface area contributed by atoms with Gasteiger partial charge in [-0.3, -0.25) is 4.79 Å². The van der Waals surface area contributed by atoms with E-state index in [1.54, 1.807) is 25.1 Å². The zero-order valence-electron chi connectivity index (χ0n) is 15.5. The minimum Gasteiger partial charge on any atom is -0.341 e. The number of hydrogen-bond acceptors (Lipinski definition) is 3. The fourth-order valence-electron chi connectivity index (χ4n) is 2.95. The summed E-state index contributed by atoms with van der Waals surface area (Å²) in [5, 5.41) is 2.95. The second-order valence-corrected chi connectivity index (χ2v) is 8.63. The summed E-state index contributed by atoms with van der Waals surface area (Å²) in [6.45, 7) is 1.75. The van der Waals surface area contributed by atoms with Crippen molar-refractivity contribution >= 4 is 15.7 Å². The highest BCUT2D eigenvalue weighted by Crippen LogP contribution is 2.24. The van der Waals surface area contributed by atoms with E-state index in [0.29, 0.717) is 5.56 Å². The van der Waals surface area contributed by atoms with Crippen molar-refractivity contribution in [2.75, 3.05) is 6.26 Å². The maximum Gasteiger partial charge on any atom is 0.252 e. The molecule has 3 rings (SSSR count). The summed E-state index contributed by atoms with van der Waals surface area (Å²) in [6, 6.07) is 19.2. The van der Waals surface area contributed by atoms with Crippen molar-refractivity contribution in [3.63, 3.8) is 0 Å². The number of rotatable bonds is 5. The summed E-state index contributed by atoms with van der Waals surface area (Å²) in [7, 11) is -3.43. The van der Waals surface area contributed by atoms with Crippen LogP contribution in [0.5, 0.6) is 0 Å². The minimum absolute atomic E-state index is 0.0845. The molecular weight excluding hydrogens is 377 g/mol. The van der Waals surface area contributed by atoms with E-state index in [1.165, 1.54) is 24.3 Å². The number of benzene rings is 3. The van der Waals surface area contributed by atoms with E-state index < -0.39 is 21.8 Å². The first-order valence-electron chi connectivity index (χ1n) is 8.67. The zero-order chi connectivity index (χ0) is 20.3. The molecule has 6 heteroatoms. The first-order chi connectivity index (χ1) is 13.3. The molecule has 0 bridgehead atoms. The van der Waals surface area contributed by atoms with Crippen molar-refractivity contribution in [1.29, 1.82) is 0 Å². The van der Waals surface area contributed by atoms with Gasteiger partial charge < -0.3 is 5.32 Å². The third-order valence-electron chi connectivity index (χ3n) is 4.49. The molecule has 1 amide bonds. The molecule has 1 unspecified atom stereocenters. The molecule has 0 radical (unpaired) electrons. The fourth-order valence-corrected chi connectivity index (χ4v) is 3.59. The molecule has 0 aliphatic heterocycles. The number of nitrogens with one attached hydrogen (secondary N) is 1. The first-order valence-corrected chi connectivity index (χ1v) is 10.6. The molecular formula is C22H20FNO3S.